The summed E-state index contributed by atoms with van der Waals surface area (Å²) in [6.45, 7) is 6.73. The number of piperazine rings is 1. The average molecular weight is 408 g/mol. The van der Waals surface area contributed by atoms with Gasteiger partial charge < -0.3 is 19.3 Å². The van der Waals surface area contributed by atoms with E-state index >= 15 is 0 Å². The maximum Gasteiger partial charge on any atom is 0.246 e. The van der Waals surface area contributed by atoms with E-state index in [2.05, 4.69) is 0 Å². The first-order valence-electron chi connectivity index (χ1n) is 10.2. The summed E-state index contributed by atoms with van der Waals surface area (Å²) >= 11 is 0. The van der Waals surface area contributed by atoms with Crippen LogP contribution in [0.3, 0.4) is 0 Å². The second-order valence-electron chi connectivity index (χ2n) is 7.08. The van der Waals surface area contributed by atoms with Crippen LogP contribution in [0.15, 0.2) is 54.6 Å². The third-order valence-electron chi connectivity index (χ3n) is 4.96. The van der Waals surface area contributed by atoms with Gasteiger partial charge in [0, 0.05) is 39.2 Å². The van der Waals surface area contributed by atoms with Crippen LogP contribution in [0.1, 0.15) is 25.0 Å². The number of benzene rings is 2. The molecule has 0 unspecified atom stereocenters. The van der Waals surface area contributed by atoms with Crippen molar-refractivity contribution in [3.8, 4) is 11.5 Å². The highest BCUT2D eigenvalue weighted by Crippen LogP contribution is 2.29. The van der Waals surface area contributed by atoms with Crippen LogP contribution in [-0.2, 0) is 16.2 Å². The number of rotatable bonds is 7. The molecule has 2 amide bonds. The maximum absolute atomic E-state index is 12.5. The average Bonchev–Trinajstić information content (AvgIpc) is 2.77. The van der Waals surface area contributed by atoms with Crippen molar-refractivity contribution in [2.24, 2.45) is 0 Å². The van der Waals surface area contributed by atoms with E-state index in [-0.39, 0.29) is 11.8 Å². The summed E-state index contributed by atoms with van der Waals surface area (Å²) in [5.74, 6) is 1.32. The topological polar surface area (TPSA) is 59.1 Å². The molecule has 158 valence electrons. The normalized spacial score (nSPS) is 14.1. The van der Waals surface area contributed by atoms with Crippen molar-refractivity contribution in [3.05, 3.63) is 65.7 Å². The summed E-state index contributed by atoms with van der Waals surface area (Å²) in [5.41, 5.74) is 1.95. The molecule has 0 atom stereocenters. The Kier molecular flexibility index (Phi) is 7.49. The van der Waals surface area contributed by atoms with E-state index in [1.807, 2.05) is 55.5 Å². The first kappa shape index (κ1) is 21.4. The summed E-state index contributed by atoms with van der Waals surface area (Å²) in [6, 6.07) is 15.6. The summed E-state index contributed by atoms with van der Waals surface area (Å²) in [4.78, 5) is 27.4. The van der Waals surface area contributed by atoms with Gasteiger partial charge in [0.15, 0.2) is 11.5 Å². The molecule has 0 aromatic heterocycles. The minimum atomic E-state index is -0.0550. The highest BCUT2D eigenvalue weighted by Gasteiger charge is 2.20. The first-order chi connectivity index (χ1) is 14.6. The Bertz CT molecular complexity index is 887. The predicted molar refractivity (Wildman–Crippen MR) is 116 cm³/mol. The van der Waals surface area contributed by atoms with E-state index in [0.29, 0.717) is 50.9 Å². The van der Waals surface area contributed by atoms with Crippen LogP contribution in [0.25, 0.3) is 6.08 Å². The summed E-state index contributed by atoms with van der Waals surface area (Å²) in [5, 5.41) is 0. The van der Waals surface area contributed by atoms with Gasteiger partial charge in [0.1, 0.15) is 6.61 Å². The molecule has 30 heavy (non-hydrogen) atoms. The van der Waals surface area contributed by atoms with Crippen molar-refractivity contribution < 1.29 is 19.1 Å². The Morgan fingerprint density at radius 1 is 0.933 bits per heavy atom. The van der Waals surface area contributed by atoms with E-state index < -0.39 is 0 Å². The number of nitrogens with zero attached hydrogens (tertiary/aromatic N) is 2. The number of hydrogen-bond donors (Lipinski definition) is 0. The zero-order valence-electron chi connectivity index (χ0n) is 17.5. The summed E-state index contributed by atoms with van der Waals surface area (Å²) in [6.07, 6.45) is 3.35. The fourth-order valence-corrected chi connectivity index (χ4v) is 3.27. The van der Waals surface area contributed by atoms with Crippen molar-refractivity contribution in [2.45, 2.75) is 20.5 Å². The molecular weight excluding hydrogens is 380 g/mol. The van der Waals surface area contributed by atoms with Gasteiger partial charge in [-0.25, -0.2) is 0 Å². The number of carbonyl (C=O) groups excluding carboxylic acids is 2. The molecule has 0 aliphatic carbocycles. The molecule has 0 spiro atoms. The Balaban J connectivity index is 1.62. The van der Waals surface area contributed by atoms with E-state index in [0.717, 1.165) is 11.1 Å². The van der Waals surface area contributed by atoms with E-state index in [4.69, 9.17) is 9.47 Å². The fourth-order valence-electron chi connectivity index (χ4n) is 3.27. The highest BCUT2D eigenvalue weighted by molar-refractivity contribution is 5.92. The van der Waals surface area contributed by atoms with Gasteiger partial charge in [-0.1, -0.05) is 36.4 Å². The molecule has 3 rings (SSSR count). The van der Waals surface area contributed by atoms with Crippen molar-refractivity contribution >= 4 is 17.9 Å². The second kappa shape index (κ2) is 10.5. The van der Waals surface area contributed by atoms with Crippen LogP contribution in [-0.4, -0.2) is 54.4 Å². The zero-order chi connectivity index (χ0) is 21.3. The summed E-state index contributed by atoms with van der Waals surface area (Å²) in [7, 11) is 0. The third-order valence-corrected chi connectivity index (χ3v) is 4.96. The first-order valence-corrected chi connectivity index (χ1v) is 10.2. The fraction of sp³-hybridized carbons (Fsp3) is 0.333. The minimum absolute atomic E-state index is 0.0515. The molecule has 2 aromatic rings. The van der Waals surface area contributed by atoms with Gasteiger partial charge in [0.05, 0.1) is 6.61 Å². The van der Waals surface area contributed by atoms with Crippen LogP contribution >= 0.6 is 0 Å². The number of carbonyl (C=O) groups is 2. The molecule has 1 fully saturated rings. The van der Waals surface area contributed by atoms with E-state index in [1.165, 1.54) is 0 Å². The molecule has 1 saturated heterocycles. The Morgan fingerprint density at radius 3 is 2.30 bits per heavy atom. The van der Waals surface area contributed by atoms with Gasteiger partial charge >= 0.3 is 0 Å². The predicted octanol–water partition coefficient (Wildman–Crippen LogP) is 3.37. The lowest BCUT2D eigenvalue weighted by atomic mass is 10.1. The van der Waals surface area contributed by atoms with Gasteiger partial charge in [-0.05, 0) is 36.3 Å². The molecular formula is C24H28N2O4. The van der Waals surface area contributed by atoms with Crippen LogP contribution < -0.4 is 9.47 Å². The van der Waals surface area contributed by atoms with Gasteiger partial charge in [0.2, 0.25) is 11.8 Å². The van der Waals surface area contributed by atoms with Crippen molar-refractivity contribution in [1.82, 2.24) is 9.80 Å². The number of amides is 2. The lowest BCUT2D eigenvalue weighted by Gasteiger charge is -2.33. The van der Waals surface area contributed by atoms with Crippen molar-refractivity contribution in [3.63, 3.8) is 0 Å². The maximum atomic E-state index is 12.5. The summed E-state index contributed by atoms with van der Waals surface area (Å²) < 4.78 is 11.7. The molecule has 0 bridgehead atoms. The monoisotopic (exact) mass is 408 g/mol. The van der Waals surface area contributed by atoms with Crippen molar-refractivity contribution in [2.75, 3.05) is 32.8 Å². The zero-order valence-corrected chi connectivity index (χ0v) is 17.5. The van der Waals surface area contributed by atoms with Crippen LogP contribution in [0.4, 0.5) is 0 Å². The van der Waals surface area contributed by atoms with Crippen molar-refractivity contribution in [1.29, 1.82) is 0 Å². The van der Waals surface area contributed by atoms with Gasteiger partial charge in [0.25, 0.3) is 0 Å². The quantitative estimate of drug-likeness (QED) is 0.659. The third kappa shape index (κ3) is 5.86. The largest absolute Gasteiger partial charge is 0.490 e. The van der Waals surface area contributed by atoms with Gasteiger partial charge in [-0.15, -0.1) is 0 Å². The standard InChI is InChI=1S/C24H28N2O4/c1-3-29-23-17-20(9-11-22(23)30-18-21-7-5-4-6-8-21)10-12-24(28)26-15-13-25(14-16-26)19(2)27/h4-12,17H,3,13-16,18H2,1-2H3. The molecule has 6 heteroatoms. The highest BCUT2D eigenvalue weighted by atomic mass is 16.5. The van der Waals surface area contributed by atoms with Gasteiger partial charge in [-0.3, -0.25) is 9.59 Å². The molecule has 2 aromatic carbocycles. The van der Waals surface area contributed by atoms with E-state index in [9.17, 15) is 9.59 Å². The SMILES string of the molecule is CCOc1cc(C=CC(=O)N2CCN(C(C)=O)CC2)ccc1OCc1ccccc1. The smallest absolute Gasteiger partial charge is 0.246 e. The molecule has 0 radical (unpaired) electrons. The molecule has 0 saturated carbocycles. The second-order valence-corrected chi connectivity index (χ2v) is 7.08. The van der Waals surface area contributed by atoms with Crippen LogP contribution in [0.5, 0.6) is 11.5 Å². The Labute approximate surface area is 177 Å². The Morgan fingerprint density at radius 2 is 1.63 bits per heavy atom. The van der Waals surface area contributed by atoms with Gasteiger partial charge in [-0.2, -0.15) is 0 Å². The van der Waals surface area contributed by atoms with Crippen LogP contribution in [0.2, 0.25) is 0 Å². The number of hydrogen-bond acceptors (Lipinski definition) is 4. The molecule has 1 aliphatic heterocycles. The number of ether oxygens (including phenoxy) is 2. The lowest BCUT2D eigenvalue weighted by molar-refractivity contribution is -0.135. The van der Waals surface area contributed by atoms with E-state index in [1.54, 1.807) is 28.9 Å². The molecule has 1 aliphatic rings. The minimum Gasteiger partial charge on any atom is -0.490 e. The molecule has 1 heterocycles. The lowest BCUT2D eigenvalue weighted by Crippen LogP contribution is -2.49. The molecule has 6 nitrogen and oxygen atoms in total. The molecule has 0 N–H and O–H groups in total. The van der Waals surface area contributed by atoms with Crippen LogP contribution in [0, 0.1) is 0 Å². The Hall–Kier alpha value is -3.28.